The van der Waals surface area contributed by atoms with Gasteiger partial charge in [-0.25, -0.2) is 19.6 Å². The number of halogens is 12. The van der Waals surface area contributed by atoms with Crippen molar-refractivity contribution >= 4 is 17.9 Å². The number of anilines is 1. The van der Waals surface area contributed by atoms with E-state index in [9.17, 15) is 57.8 Å². The number of nitrogens with one attached hydrogen (secondary N) is 1. The van der Waals surface area contributed by atoms with E-state index < -0.39 is 47.8 Å². The zero-order valence-corrected chi connectivity index (χ0v) is 21.4. The first kappa shape index (κ1) is 37.9. The van der Waals surface area contributed by atoms with E-state index in [4.69, 9.17) is 24.5 Å². The fourth-order valence-electron chi connectivity index (χ4n) is 3.75. The summed E-state index contributed by atoms with van der Waals surface area (Å²) in [4.78, 5) is 27.1. The molecule has 2 saturated heterocycles. The van der Waals surface area contributed by atoms with Crippen LogP contribution in [0.1, 0.15) is 24.8 Å². The molecule has 1 aromatic rings. The summed E-state index contributed by atoms with van der Waals surface area (Å²) in [5.74, 6) is -5.06. The van der Waals surface area contributed by atoms with E-state index in [0.717, 1.165) is 19.3 Å². The highest BCUT2D eigenvalue weighted by Gasteiger charge is 2.71. The lowest BCUT2D eigenvalue weighted by Crippen LogP contribution is -2.54. The van der Waals surface area contributed by atoms with Crippen LogP contribution in [-0.2, 0) is 19.9 Å². The molecule has 1 atom stereocenters. The van der Waals surface area contributed by atoms with Crippen LogP contribution in [0.3, 0.4) is 0 Å². The first-order chi connectivity index (χ1) is 19.4. The highest BCUT2D eigenvalue weighted by atomic mass is 19.4. The Balaban J connectivity index is 0.000000548. The van der Waals surface area contributed by atoms with Gasteiger partial charge in [0.15, 0.2) is 0 Å². The lowest BCUT2D eigenvalue weighted by molar-refractivity contribution is -0.376. The van der Waals surface area contributed by atoms with Gasteiger partial charge in [0.25, 0.3) is 5.60 Å². The predicted octanol–water partition coefficient (Wildman–Crippen LogP) is 3.65. The van der Waals surface area contributed by atoms with Crippen LogP contribution in [0.2, 0.25) is 0 Å². The molecule has 3 heterocycles. The topological polar surface area (TPSA) is 145 Å². The number of aliphatic hydroxyl groups is 1. The van der Waals surface area contributed by atoms with Gasteiger partial charge >= 0.3 is 36.6 Å². The fourth-order valence-corrected chi connectivity index (χ4v) is 3.75. The highest BCUT2D eigenvalue weighted by Crippen LogP contribution is 2.49. The standard InChI is InChI=1S/C17H22F6N4O2.2C2HF3O2/c18-16(19,20)15(28,17(21,22)23)12-8-25-14(26-9-12)27-4-3-24-10-13(27)7-11-1-5-29-6-2-11;2*3-2(4,5)1(6)7/h8-9,11,13,24,28H,1-7,10H2;2*(H,6,7)/t13-;;/m0../s1. The van der Waals surface area contributed by atoms with Gasteiger partial charge in [0.2, 0.25) is 5.95 Å². The summed E-state index contributed by atoms with van der Waals surface area (Å²) in [5, 5.41) is 26.9. The van der Waals surface area contributed by atoms with Crippen molar-refractivity contribution in [1.82, 2.24) is 15.3 Å². The van der Waals surface area contributed by atoms with Gasteiger partial charge in [-0.1, -0.05) is 0 Å². The zero-order chi connectivity index (χ0) is 33.4. The maximum absolute atomic E-state index is 13.0. The smallest absolute Gasteiger partial charge is 0.475 e. The van der Waals surface area contributed by atoms with Crippen LogP contribution in [0.15, 0.2) is 12.4 Å². The molecular formula is C21H24F12N4O6. The van der Waals surface area contributed by atoms with Gasteiger partial charge in [0.05, 0.1) is 0 Å². The summed E-state index contributed by atoms with van der Waals surface area (Å²) in [7, 11) is 0. The monoisotopic (exact) mass is 656 g/mol. The molecule has 2 aliphatic rings. The van der Waals surface area contributed by atoms with Crippen LogP contribution < -0.4 is 10.2 Å². The minimum atomic E-state index is -5.96. The van der Waals surface area contributed by atoms with E-state index in [-0.39, 0.29) is 12.0 Å². The van der Waals surface area contributed by atoms with Crippen molar-refractivity contribution < 1.29 is 82.3 Å². The molecule has 0 radical (unpaired) electrons. The minimum absolute atomic E-state index is 0.0400. The Morgan fingerprint density at radius 3 is 1.65 bits per heavy atom. The number of hydrogen-bond donors (Lipinski definition) is 4. The summed E-state index contributed by atoms with van der Waals surface area (Å²) >= 11 is 0. The third-order valence-electron chi connectivity index (χ3n) is 5.91. The van der Waals surface area contributed by atoms with Gasteiger partial charge in [0, 0.05) is 56.8 Å². The van der Waals surface area contributed by atoms with Crippen molar-refractivity contribution in [2.45, 2.75) is 55.6 Å². The number of nitrogens with zero attached hydrogens (tertiary/aromatic N) is 3. The Hall–Kier alpha value is -3.14. The van der Waals surface area contributed by atoms with Gasteiger partial charge in [-0.05, 0) is 25.2 Å². The summed E-state index contributed by atoms with van der Waals surface area (Å²) in [5.41, 5.74) is -6.49. The molecule has 248 valence electrons. The number of hydrogen-bond acceptors (Lipinski definition) is 8. The van der Waals surface area contributed by atoms with Crippen LogP contribution in [-0.4, -0.2) is 101 Å². The second-order valence-electron chi connectivity index (χ2n) is 8.93. The second kappa shape index (κ2) is 14.6. The average Bonchev–Trinajstić information content (AvgIpc) is 2.87. The molecule has 0 aromatic carbocycles. The van der Waals surface area contributed by atoms with Crippen LogP contribution in [0, 0.1) is 5.92 Å². The van der Waals surface area contributed by atoms with E-state index in [2.05, 4.69) is 15.3 Å². The molecule has 2 aliphatic heterocycles. The number of carbonyl (C=O) groups is 2. The fraction of sp³-hybridized carbons (Fsp3) is 0.714. The summed E-state index contributed by atoms with van der Waals surface area (Å²) in [6.07, 6.45) is -18.7. The van der Waals surface area contributed by atoms with Crippen molar-refractivity contribution in [1.29, 1.82) is 0 Å². The molecule has 22 heteroatoms. The number of aliphatic carboxylic acids is 2. The van der Waals surface area contributed by atoms with Gasteiger partial charge < -0.3 is 30.3 Å². The number of ether oxygens (including phenoxy) is 1. The van der Waals surface area contributed by atoms with E-state index in [0.29, 0.717) is 51.2 Å². The molecule has 1 aromatic heterocycles. The highest BCUT2D eigenvalue weighted by molar-refractivity contribution is 5.73. The quantitative estimate of drug-likeness (QED) is 0.355. The van der Waals surface area contributed by atoms with E-state index in [1.54, 1.807) is 4.90 Å². The van der Waals surface area contributed by atoms with Crippen LogP contribution >= 0.6 is 0 Å². The number of carboxylic acids is 2. The van der Waals surface area contributed by atoms with E-state index in [1.807, 2.05) is 0 Å². The molecule has 0 unspecified atom stereocenters. The van der Waals surface area contributed by atoms with Gasteiger partial charge in [-0.2, -0.15) is 52.7 Å². The number of alkyl halides is 12. The average molecular weight is 656 g/mol. The summed E-state index contributed by atoms with van der Waals surface area (Å²) in [6.45, 7) is 3.00. The van der Waals surface area contributed by atoms with Gasteiger partial charge in [-0.15, -0.1) is 0 Å². The van der Waals surface area contributed by atoms with Crippen molar-refractivity contribution in [3.8, 4) is 0 Å². The molecule has 0 aliphatic carbocycles. The number of piperazine rings is 1. The minimum Gasteiger partial charge on any atom is -0.475 e. The maximum Gasteiger partial charge on any atom is 0.490 e. The summed E-state index contributed by atoms with van der Waals surface area (Å²) < 4.78 is 147. The number of rotatable bonds is 4. The Morgan fingerprint density at radius 1 is 0.860 bits per heavy atom. The predicted molar refractivity (Wildman–Crippen MR) is 118 cm³/mol. The van der Waals surface area contributed by atoms with Gasteiger partial charge in [-0.3, -0.25) is 0 Å². The van der Waals surface area contributed by atoms with Crippen LogP contribution in [0.25, 0.3) is 0 Å². The van der Waals surface area contributed by atoms with E-state index in [1.165, 1.54) is 0 Å². The molecule has 43 heavy (non-hydrogen) atoms. The molecule has 3 rings (SSSR count). The third-order valence-corrected chi connectivity index (χ3v) is 5.91. The molecule has 4 N–H and O–H groups in total. The first-order valence-corrected chi connectivity index (χ1v) is 11.8. The second-order valence-corrected chi connectivity index (χ2v) is 8.93. The Bertz CT molecular complexity index is 1000. The van der Waals surface area contributed by atoms with Crippen molar-refractivity contribution in [2.24, 2.45) is 5.92 Å². The first-order valence-electron chi connectivity index (χ1n) is 11.8. The lowest BCUT2D eigenvalue weighted by Gasteiger charge is -2.39. The Morgan fingerprint density at radius 2 is 1.28 bits per heavy atom. The molecular weight excluding hydrogens is 632 g/mol. The molecule has 0 spiro atoms. The van der Waals surface area contributed by atoms with Crippen molar-refractivity contribution in [2.75, 3.05) is 37.7 Å². The van der Waals surface area contributed by atoms with Gasteiger partial charge in [0.1, 0.15) is 0 Å². The van der Waals surface area contributed by atoms with Crippen LogP contribution in [0.5, 0.6) is 0 Å². The largest absolute Gasteiger partial charge is 0.490 e. The SMILES string of the molecule is O=C(O)C(F)(F)F.O=C(O)C(F)(F)F.OC(c1cnc(N2CCNC[C@@H]2CC2CCOCC2)nc1)(C(F)(F)F)C(F)(F)F. The van der Waals surface area contributed by atoms with E-state index >= 15 is 0 Å². The third kappa shape index (κ3) is 10.8. The maximum atomic E-state index is 13.0. The Labute approximate surface area is 233 Å². The molecule has 10 nitrogen and oxygen atoms in total. The molecule has 0 saturated carbocycles. The van der Waals surface area contributed by atoms with Crippen LogP contribution in [0.4, 0.5) is 58.6 Å². The Kier molecular flexibility index (Phi) is 12.8. The number of carboxylic acid groups (broad SMARTS) is 2. The molecule has 0 amide bonds. The lowest BCUT2D eigenvalue weighted by atomic mass is 9.91. The van der Waals surface area contributed by atoms with Crippen molar-refractivity contribution in [3.63, 3.8) is 0 Å². The number of aromatic nitrogens is 2. The molecule has 2 fully saturated rings. The summed E-state index contributed by atoms with van der Waals surface area (Å²) in [6, 6.07) is -0.0400. The zero-order valence-electron chi connectivity index (χ0n) is 21.4. The molecule has 0 bridgehead atoms. The normalized spacial score (nSPS) is 19.0. The van der Waals surface area contributed by atoms with Crippen molar-refractivity contribution in [3.05, 3.63) is 18.0 Å².